The normalized spacial score (nSPS) is 31.8. The molecule has 1 aliphatic carbocycles. The molecule has 1 heterocycles. The Morgan fingerprint density at radius 2 is 2.12 bits per heavy atom. The molecule has 1 amide bonds. The number of nitrogens with one attached hydrogen (secondary N) is 2. The maximum absolute atomic E-state index is 12.2. The number of hydrogen-bond donors (Lipinski definition) is 2. The number of rotatable bonds is 5. The molecule has 0 aromatic heterocycles. The molecule has 2 rings (SSSR count). The van der Waals surface area contributed by atoms with Gasteiger partial charge in [0.05, 0.1) is 6.04 Å². The predicted octanol–water partition coefficient (Wildman–Crippen LogP) is 1.93. The third kappa shape index (κ3) is 2.82. The maximum atomic E-state index is 12.2. The molecule has 17 heavy (non-hydrogen) atoms. The van der Waals surface area contributed by atoms with Crippen LogP contribution in [-0.4, -0.2) is 25.0 Å². The molecule has 0 spiro atoms. The van der Waals surface area contributed by atoms with E-state index in [1.165, 1.54) is 19.3 Å². The molecule has 3 heteroatoms. The van der Waals surface area contributed by atoms with Gasteiger partial charge in [-0.2, -0.15) is 0 Å². The van der Waals surface area contributed by atoms with Gasteiger partial charge in [0.2, 0.25) is 5.91 Å². The molecule has 1 saturated carbocycles. The fourth-order valence-electron chi connectivity index (χ4n) is 3.41. The van der Waals surface area contributed by atoms with E-state index in [-0.39, 0.29) is 11.9 Å². The zero-order chi connectivity index (χ0) is 12.3. The first kappa shape index (κ1) is 12.9. The predicted molar refractivity (Wildman–Crippen MR) is 69.7 cm³/mol. The lowest BCUT2D eigenvalue weighted by molar-refractivity contribution is -0.124. The SMILES string of the molecule is CCC(CC)CNC(=O)C1NCC2CCCC21. The van der Waals surface area contributed by atoms with E-state index in [1.54, 1.807) is 0 Å². The van der Waals surface area contributed by atoms with E-state index in [1.807, 2.05) is 0 Å². The molecule has 0 aromatic rings. The first-order chi connectivity index (χ1) is 8.26. The van der Waals surface area contributed by atoms with Crippen molar-refractivity contribution in [1.29, 1.82) is 0 Å². The molecule has 2 aliphatic rings. The van der Waals surface area contributed by atoms with Gasteiger partial charge >= 0.3 is 0 Å². The minimum absolute atomic E-state index is 0.0943. The average Bonchev–Trinajstić information content (AvgIpc) is 2.91. The van der Waals surface area contributed by atoms with Gasteiger partial charge in [0.15, 0.2) is 0 Å². The van der Waals surface area contributed by atoms with Crippen LogP contribution in [0.4, 0.5) is 0 Å². The van der Waals surface area contributed by atoms with E-state index in [4.69, 9.17) is 0 Å². The topological polar surface area (TPSA) is 41.1 Å². The van der Waals surface area contributed by atoms with Crippen molar-refractivity contribution < 1.29 is 4.79 Å². The Bertz CT molecular complexity index is 263. The Kier molecular flexibility index (Phi) is 4.43. The Labute approximate surface area is 105 Å². The van der Waals surface area contributed by atoms with Crippen LogP contribution in [-0.2, 0) is 4.79 Å². The number of fused-ring (bicyclic) bond motifs is 1. The van der Waals surface area contributed by atoms with Gasteiger partial charge in [-0.05, 0) is 37.1 Å². The summed E-state index contributed by atoms with van der Waals surface area (Å²) in [6.45, 7) is 6.29. The van der Waals surface area contributed by atoms with Gasteiger partial charge in [-0.3, -0.25) is 4.79 Å². The molecule has 0 aromatic carbocycles. The Hall–Kier alpha value is -0.570. The zero-order valence-corrected chi connectivity index (χ0v) is 11.2. The summed E-state index contributed by atoms with van der Waals surface area (Å²) in [5.74, 6) is 2.25. The highest BCUT2D eigenvalue weighted by Gasteiger charge is 2.42. The van der Waals surface area contributed by atoms with Gasteiger partial charge in [-0.25, -0.2) is 0 Å². The first-order valence-corrected chi connectivity index (χ1v) is 7.27. The fraction of sp³-hybridized carbons (Fsp3) is 0.929. The van der Waals surface area contributed by atoms with E-state index in [0.717, 1.165) is 31.8 Å². The van der Waals surface area contributed by atoms with Crippen molar-refractivity contribution in [2.24, 2.45) is 17.8 Å². The number of amides is 1. The van der Waals surface area contributed by atoms with Crippen molar-refractivity contribution in [1.82, 2.24) is 10.6 Å². The second-order valence-corrected chi connectivity index (χ2v) is 5.67. The lowest BCUT2D eigenvalue weighted by atomic mass is 9.93. The van der Waals surface area contributed by atoms with Gasteiger partial charge in [0, 0.05) is 6.54 Å². The third-order valence-corrected chi connectivity index (χ3v) is 4.75. The van der Waals surface area contributed by atoms with Gasteiger partial charge in [0.25, 0.3) is 0 Å². The van der Waals surface area contributed by atoms with Crippen molar-refractivity contribution in [3.63, 3.8) is 0 Å². The summed E-state index contributed by atoms with van der Waals surface area (Å²) >= 11 is 0. The molecule has 0 radical (unpaired) electrons. The van der Waals surface area contributed by atoms with Crippen LogP contribution in [0.1, 0.15) is 46.0 Å². The second-order valence-electron chi connectivity index (χ2n) is 5.67. The van der Waals surface area contributed by atoms with Crippen LogP contribution in [0.15, 0.2) is 0 Å². The highest BCUT2D eigenvalue weighted by atomic mass is 16.2. The summed E-state index contributed by atoms with van der Waals surface area (Å²) in [6, 6.07) is 0.0943. The van der Waals surface area contributed by atoms with Crippen LogP contribution < -0.4 is 10.6 Å². The van der Waals surface area contributed by atoms with E-state index in [9.17, 15) is 4.79 Å². The number of carbonyl (C=O) groups excluding carboxylic acids is 1. The molecular weight excluding hydrogens is 212 g/mol. The van der Waals surface area contributed by atoms with Crippen molar-refractivity contribution in [2.45, 2.75) is 52.0 Å². The smallest absolute Gasteiger partial charge is 0.237 e. The zero-order valence-electron chi connectivity index (χ0n) is 11.2. The molecule has 3 unspecified atom stereocenters. The molecular formula is C14H26N2O. The largest absolute Gasteiger partial charge is 0.354 e. The minimum Gasteiger partial charge on any atom is -0.354 e. The number of carbonyl (C=O) groups is 1. The summed E-state index contributed by atoms with van der Waals surface area (Å²) in [4.78, 5) is 12.2. The number of hydrogen-bond acceptors (Lipinski definition) is 2. The van der Waals surface area contributed by atoms with Crippen molar-refractivity contribution in [2.75, 3.05) is 13.1 Å². The standard InChI is InChI=1S/C14H26N2O/c1-3-10(4-2)8-16-14(17)13-12-7-5-6-11(12)9-15-13/h10-13,15H,3-9H2,1-2H3,(H,16,17). The summed E-state index contributed by atoms with van der Waals surface area (Å²) in [7, 11) is 0. The Balaban J connectivity index is 1.80. The van der Waals surface area contributed by atoms with Gasteiger partial charge < -0.3 is 10.6 Å². The first-order valence-electron chi connectivity index (χ1n) is 7.27. The third-order valence-electron chi connectivity index (χ3n) is 4.75. The molecule has 2 fully saturated rings. The monoisotopic (exact) mass is 238 g/mol. The van der Waals surface area contributed by atoms with Crippen LogP contribution in [0.3, 0.4) is 0 Å². The van der Waals surface area contributed by atoms with Gasteiger partial charge in [0.1, 0.15) is 0 Å². The van der Waals surface area contributed by atoms with E-state index < -0.39 is 0 Å². The van der Waals surface area contributed by atoms with Crippen molar-refractivity contribution >= 4 is 5.91 Å². The molecule has 3 nitrogen and oxygen atoms in total. The highest BCUT2D eigenvalue weighted by Crippen LogP contribution is 2.37. The van der Waals surface area contributed by atoms with Crippen LogP contribution in [0, 0.1) is 17.8 Å². The molecule has 98 valence electrons. The Morgan fingerprint density at radius 3 is 2.82 bits per heavy atom. The summed E-state index contributed by atoms with van der Waals surface area (Å²) < 4.78 is 0. The van der Waals surface area contributed by atoms with Gasteiger partial charge in [-0.1, -0.05) is 33.1 Å². The van der Waals surface area contributed by atoms with Crippen LogP contribution in [0.25, 0.3) is 0 Å². The highest BCUT2D eigenvalue weighted by molar-refractivity contribution is 5.82. The maximum Gasteiger partial charge on any atom is 0.237 e. The van der Waals surface area contributed by atoms with E-state index in [2.05, 4.69) is 24.5 Å². The average molecular weight is 238 g/mol. The lowest BCUT2D eigenvalue weighted by Gasteiger charge is -2.20. The molecule has 1 saturated heterocycles. The Morgan fingerprint density at radius 1 is 1.35 bits per heavy atom. The summed E-state index contributed by atoms with van der Waals surface area (Å²) in [5, 5.41) is 6.54. The molecule has 1 aliphatic heterocycles. The van der Waals surface area contributed by atoms with Crippen molar-refractivity contribution in [3.8, 4) is 0 Å². The minimum atomic E-state index is 0.0943. The van der Waals surface area contributed by atoms with Crippen LogP contribution in [0.5, 0.6) is 0 Å². The van der Waals surface area contributed by atoms with E-state index in [0.29, 0.717) is 11.8 Å². The van der Waals surface area contributed by atoms with Crippen molar-refractivity contribution in [3.05, 3.63) is 0 Å². The lowest BCUT2D eigenvalue weighted by Crippen LogP contribution is -2.45. The van der Waals surface area contributed by atoms with Crippen LogP contribution in [0.2, 0.25) is 0 Å². The summed E-state index contributed by atoms with van der Waals surface area (Å²) in [5.41, 5.74) is 0. The molecule has 3 atom stereocenters. The summed E-state index contributed by atoms with van der Waals surface area (Å²) in [6.07, 6.45) is 6.17. The van der Waals surface area contributed by atoms with E-state index >= 15 is 0 Å². The quantitative estimate of drug-likeness (QED) is 0.768. The fourth-order valence-corrected chi connectivity index (χ4v) is 3.41. The molecule has 2 N–H and O–H groups in total. The van der Waals surface area contributed by atoms with Crippen LogP contribution >= 0.6 is 0 Å². The second kappa shape index (κ2) is 5.85. The molecule has 0 bridgehead atoms. The van der Waals surface area contributed by atoms with Gasteiger partial charge in [-0.15, -0.1) is 0 Å².